The molecule has 0 aromatic carbocycles. The standard InChI is InChI=1S/C11H12N6O2/c1-12-5-8-6-17(16-14-8)7-10-13-11(19-15-10)9-3-2-4-18-9/h2-4,6,12H,5,7H2,1H3. The predicted molar refractivity (Wildman–Crippen MR) is 63.9 cm³/mol. The SMILES string of the molecule is CNCc1cn(Cc2noc(-c3ccco3)n2)nn1. The molecule has 3 aromatic heterocycles. The van der Waals surface area contributed by atoms with Gasteiger partial charge in [0.2, 0.25) is 0 Å². The third-order valence-electron chi connectivity index (χ3n) is 2.45. The fourth-order valence-electron chi connectivity index (χ4n) is 1.64. The Bertz CT molecular complexity index is 642. The maximum Gasteiger partial charge on any atom is 0.293 e. The van der Waals surface area contributed by atoms with Gasteiger partial charge in [0.05, 0.1) is 18.2 Å². The Morgan fingerprint density at radius 2 is 2.37 bits per heavy atom. The molecule has 3 heterocycles. The first-order valence-electron chi connectivity index (χ1n) is 5.75. The molecule has 3 rings (SSSR count). The van der Waals surface area contributed by atoms with E-state index in [-0.39, 0.29) is 0 Å². The van der Waals surface area contributed by atoms with Gasteiger partial charge < -0.3 is 14.3 Å². The second-order valence-corrected chi connectivity index (χ2v) is 3.93. The Labute approximate surface area is 108 Å². The van der Waals surface area contributed by atoms with Crippen molar-refractivity contribution in [2.75, 3.05) is 7.05 Å². The van der Waals surface area contributed by atoms with Gasteiger partial charge in [-0.15, -0.1) is 5.10 Å². The Morgan fingerprint density at radius 1 is 1.42 bits per heavy atom. The molecule has 0 atom stereocenters. The lowest BCUT2D eigenvalue weighted by molar-refractivity contribution is 0.406. The maximum atomic E-state index is 5.18. The molecule has 8 heteroatoms. The maximum absolute atomic E-state index is 5.18. The Morgan fingerprint density at radius 3 is 3.16 bits per heavy atom. The van der Waals surface area contributed by atoms with E-state index in [1.165, 1.54) is 0 Å². The van der Waals surface area contributed by atoms with Crippen LogP contribution in [0, 0.1) is 0 Å². The average Bonchev–Trinajstić information content (AvgIpc) is 3.10. The first-order chi connectivity index (χ1) is 9.35. The van der Waals surface area contributed by atoms with Gasteiger partial charge >= 0.3 is 0 Å². The van der Waals surface area contributed by atoms with E-state index in [1.807, 2.05) is 13.2 Å². The van der Waals surface area contributed by atoms with Gasteiger partial charge in [0.1, 0.15) is 6.54 Å². The van der Waals surface area contributed by atoms with Crippen LogP contribution in [-0.2, 0) is 13.1 Å². The lowest BCUT2D eigenvalue weighted by Crippen LogP contribution is -2.05. The topological polar surface area (TPSA) is 94.8 Å². The zero-order chi connectivity index (χ0) is 13.1. The Balaban J connectivity index is 1.72. The van der Waals surface area contributed by atoms with Crippen molar-refractivity contribution in [3.8, 4) is 11.7 Å². The predicted octanol–water partition coefficient (Wildman–Crippen LogP) is 0.689. The van der Waals surface area contributed by atoms with E-state index in [9.17, 15) is 0 Å². The molecule has 1 N–H and O–H groups in total. The van der Waals surface area contributed by atoms with Gasteiger partial charge in [0.15, 0.2) is 11.6 Å². The summed E-state index contributed by atoms with van der Waals surface area (Å²) in [6.07, 6.45) is 3.39. The molecule has 0 aliphatic carbocycles. The second-order valence-electron chi connectivity index (χ2n) is 3.93. The lowest BCUT2D eigenvalue weighted by Gasteiger charge is -1.92. The fourth-order valence-corrected chi connectivity index (χ4v) is 1.64. The zero-order valence-electron chi connectivity index (χ0n) is 10.3. The van der Waals surface area contributed by atoms with Crippen molar-refractivity contribution in [1.29, 1.82) is 0 Å². The van der Waals surface area contributed by atoms with Crippen molar-refractivity contribution in [3.05, 3.63) is 36.1 Å². The van der Waals surface area contributed by atoms with Crippen LogP contribution in [0.1, 0.15) is 11.5 Å². The average molecular weight is 260 g/mol. The second kappa shape index (κ2) is 5.02. The highest BCUT2D eigenvalue weighted by molar-refractivity contribution is 5.42. The quantitative estimate of drug-likeness (QED) is 0.721. The van der Waals surface area contributed by atoms with E-state index < -0.39 is 0 Å². The molecular formula is C11H12N6O2. The summed E-state index contributed by atoms with van der Waals surface area (Å²) in [6, 6.07) is 3.53. The molecule has 0 saturated heterocycles. The van der Waals surface area contributed by atoms with E-state index in [0.717, 1.165) is 5.69 Å². The number of hydrogen-bond donors (Lipinski definition) is 1. The van der Waals surface area contributed by atoms with Crippen LogP contribution < -0.4 is 5.32 Å². The first kappa shape index (κ1) is 11.6. The number of nitrogens with zero attached hydrogens (tertiary/aromatic N) is 5. The number of aromatic nitrogens is 5. The van der Waals surface area contributed by atoms with Gasteiger partial charge in [0.25, 0.3) is 5.89 Å². The van der Waals surface area contributed by atoms with E-state index in [0.29, 0.717) is 30.6 Å². The highest BCUT2D eigenvalue weighted by Gasteiger charge is 2.12. The summed E-state index contributed by atoms with van der Waals surface area (Å²) >= 11 is 0. The smallest absolute Gasteiger partial charge is 0.293 e. The molecule has 3 aromatic rings. The van der Waals surface area contributed by atoms with Gasteiger partial charge in [0, 0.05) is 6.54 Å². The van der Waals surface area contributed by atoms with E-state index in [2.05, 4.69) is 25.8 Å². The molecule has 0 saturated carbocycles. The number of hydrogen-bond acceptors (Lipinski definition) is 7. The molecule has 19 heavy (non-hydrogen) atoms. The molecule has 0 fully saturated rings. The summed E-state index contributed by atoms with van der Waals surface area (Å²) in [5.41, 5.74) is 0.859. The highest BCUT2D eigenvalue weighted by Crippen LogP contribution is 2.17. The molecule has 0 aliphatic heterocycles. The van der Waals surface area contributed by atoms with Gasteiger partial charge in [-0.3, -0.25) is 0 Å². The zero-order valence-corrected chi connectivity index (χ0v) is 10.3. The first-order valence-corrected chi connectivity index (χ1v) is 5.75. The van der Waals surface area contributed by atoms with Crippen LogP contribution in [0.4, 0.5) is 0 Å². The van der Waals surface area contributed by atoms with Crippen LogP contribution in [0.2, 0.25) is 0 Å². The molecule has 98 valence electrons. The van der Waals surface area contributed by atoms with Crippen molar-refractivity contribution in [2.45, 2.75) is 13.1 Å². The van der Waals surface area contributed by atoms with Gasteiger partial charge in [-0.25, -0.2) is 4.68 Å². The molecule has 0 radical (unpaired) electrons. The molecule has 0 aliphatic rings. The molecule has 0 bridgehead atoms. The summed E-state index contributed by atoms with van der Waals surface area (Å²) in [5.74, 6) is 1.43. The van der Waals surface area contributed by atoms with Crippen molar-refractivity contribution >= 4 is 0 Å². The minimum atomic E-state index is 0.357. The summed E-state index contributed by atoms with van der Waals surface area (Å²) in [5, 5.41) is 14.9. The van der Waals surface area contributed by atoms with Crippen molar-refractivity contribution in [2.24, 2.45) is 0 Å². The summed E-state index contributed by atoms with van der Waals surface area (Å²) in [4.78, 5) is 4.23. The number of furan rings is 1. The van der Waals surface area contributed by atoms with Gasteiger partial charge in [-0.05, 0) is 19.2 Å². The van der Waals surface area contributed by atoms with Crippen LogP contribution in [0.25, 0.3) is 11.7 Å². The molecular weight excluding hydrogens is 248 g/mol. The number of rotatable bonds is 5. The van der Waals surface area contributed by atoms with E-state index >= 15 is 0 Å². The Hall–Kier alpha value is -2.48. The van der Waals surface area contributed by atoms with Crippen LogP contribution in [0.3, 0.4) is 0 Å². The monoisotopic (exact) mass is 260 g/mol. The third-order valence-corrected chi connectivity index (χ3v) is 2.45. The highest BCUT2D eigenvalue weighted by atomic mass is 16.5. The normalized spacial score (nSPS) is 11.0. The van der Waals surface area contributed by atoms with Crippen LogP contribution in [-0.4, -0.2) is 32.2 Å². The number of nitrogens with one attached hydrogen (secondary N) is 1. The van der Waals surface area contributed by atoms with Crippen LogP contribution in [0.5, 0.6) is 0 Å². The van der Waals surface area contributed by atoms with Gasteiger partial charge in [-0.2, -0.15) is 4.98 Å². The molecule has 0 amide bonds. The largest absolute Gasteiger partial charge is 0.459 e. The summed E-state index contributed by atoms with van der Waals surface area (Å²) in [7, 11) is 1.86. The minimum absolute atomic E-state index is 0.357. The lowest BCUT2D eigenvalue weighted by atomic mass is 10.4. The van der Waals surface area contributed by atoms with Gasteiger partial charge in [-0.1, -0.05) is 10.4 Å². The fraction of sp³-hybridized carbons (Fsp3) is 0.273. The van der Waals surface area contributed by atoms with E-state index in [1.54, 1.807) is 23.1 Å². The third kappa shape index (κ3) is 2.52. The molecule has 0 spiro atoms. The summed E-state index contributed by atoms with van der Waals surface area (Å²) < 4.78 is 11.9. The van der Waals surface area contributed by atoms with Crippen molar-refractivity contribution < 1.29 is 8.94 Å². The van der Waals surface area contributed by atoms with Crippen LogP contribution >= 0.6 is 0 Å². The van der Waals surface area contributed by atoms with Crippen LogP contribution in [0.15, 0.2) is 33.5 Å². The molecule has 8 nitrogen and oxygen atoms in total. The van der Waals surface area contributed by atoms with E-state index in [4.69, 9.17) is 8.94 Å². The van der Waals surface area contributed by atoms with Crippen molar-refractivity contribution in [1.82, 2.24) is 30.5 Å². The Kier molecular flexibility index (Phi) is 3.07. The summed E-state index contributed by atoms with van der Waals surface area (Å²) in [6.45, 7) is 1.07. The van der Waals surface area contributed by atoms with Crippen molar-refractivity contribution in [3.63, 3.8) is 0 Å². The molecule has 0 unspecified atom stereocenters. The minimum Gasteiger partial charge on any atom is -0.459 e.